The topological polar surface area (TPSA) is 64.9 Å². The highest BCUT2D eigenvalue weighted by molar-refractivity contribution is 5.23. The lowest BCUT2D eigenvalue weighted by atomic mass is 9.87. The Morgan fingerprint density at radius 1 is 1.16 bits per heavy atom. The number of benzene rings is 1. The van der Waals surface area contributed by atoms with E-state index in [0.717, 1.165) is 5.56 Å². The maximum absolute atomic E-state index is 6.14. The normalized spacial score (nSPS) is 15.2. The van der Waals surface area contributed by atoms with Gasteiger partial charge < -0.3 is 10.3 Å². The molecule has 0 amide bonds. The highest BCUT2D eigenvalue weighted by Crippen LogP contribution is 2.30. The van der Waals surface area contributed by atoms with Crippen molar-refractivity contribution in [1.29, 1.82) is 0 Å². The molecule has 0 spiro atoms. The molecule has 2 unspecified atom stereocenters. The second kappa shape index (κ2) is 5.13. The lowest BCUT2D eigenvalue weighted by Crippen LogP contribution is -2.27. The molecule has 102 valence electrons. The van der Waals surface area contributed by atoms with E-state index in [2.05, 4.69) is 50.0 Å². The summed E-state index contributed by atoms with van der Waals surface area (Å²) in [6.45, 7) is 8.24. The van der Waals surface area contributed by atoms with E-state index in [1.165, 1.54) is 0 Å². The predicted octanol–water partition coefficient (Wildman–Crippen LogP) is 3.27. The lowest BCUT2D eigenvalue weighted by Gasteiger charge is -2.23. The SMILES string of the molecule is CC(c1ccccc1)c1nc(C(N)C(C)(C)C)no1. The summed E-state index contributed by atoms with van der Waals surface area (Å²) in [5, 5.41) is 4.02. The Kier molecular flexibility index (Phi) is 3.71. The Labute approximate surface area is 114 Å². The van der Waals surface area contributed by atoms with E-state index in [0.29, 0.717) is 11.7 Å². The van der Waals surface area contributed by atoms with Crippen molar-refractivity contribution in [3.63, 3.8) is 0 Å². The zero-order chi connectivity index (χ0) is 14.0. The fraction of sp³-hybridized carbons (Fsp3) is 0.467. The highest BCUT2D eigenvalue weighted by atomic mass is 16.5. The van der Waals surface area contributed by atoms with Gasteiger partial charge in [-0.15, -0.1) is 0 Å². The van der Waals surface area contributed by atoms with Crippen LogP contribution in [-0.2, 0) is 0 Å². The molecule has 0 saturated heterocycles. The van der Waals surface area contributed by atoms with Crippen LogP contribution >= 0.6 is 0 Å². The standard InChI is InChI=1S/C15H21N3O/c1-10(11-8-6-5-7-9-11)14-17-13(18-19-14)12(16)15(2,3)4/h5-10,12H,16H2,1-4H3. The number of rotatable bonds is 3. The van der Waals surface area contributed by atoms with Gasteiger partial charge in [-0.05, 0) is 17.9 Å². The third kappa shape index (κ3) is 3.01. The lowest BCUT2D eigenvalue weighted by molar-refractivity contribution is 0.299. The molecule has 2 aromatic rings. The minimum Gasteiger partial charge on any atom is -0.339 e. The Balaban J connectivity index is 2.22. The third-order valence-electron chi connectivity index (χ3n) is 3.34. The molecule has 0 aliphatic carbocycles. The predicted molar refractivity (Wildman–Crippen MR) is 74.6 cm³/mol. The molecule has 2 rings (SSSR count). The molecule has 1 aromatic heterocycles. The average molecular weight is 259 g/mol. The molecule has 1 heterocycles. The molecule has 0 aliphatic rings. The smallest absolute Gasteiger partial charge is 0.233 e. The van der Waals surface area contributed by atoms with E-state index in [-0.39, 0.29) is 17.4 Å². The summed E-state index contributed by atoms with van der Waals surface area (Å²) in [5.41, 5.74) is 7.21. The molecular weight excluding hydrogens is 238 g/mol. The summed E-state index contributed by atoms with van der Waals surface area (Å²) in [5.74, 6) is 1.26. The largest absolute Gasteiger partial charge is 0.339 e. The van der Waals surface area contributed by atoms with Gasteiger partial charge >= 0.3 is 0 Å². The van der Waals surface area contributed by atoms with Crippen LogP contribution in [0.4, 0.5) is 0 Å². The van der Waals surface area contributed by atoms with Crippen LogP contribution in [0.5, 0.6) is 0 Å². The first-order valence-electron chi connectivity index (χ1n) is 6.53. The summed E-state index contributed by atoms with van der Waals surface area (Å²) in [6, 6.07) is 9.88. The summed E-state index contributed by atoms with van der Waals surface area (Å²) < 4.78 is 5.36. The van der Waals surface area contributed by atoms with Gasteiger partial charge in [0.2, 0.25) is 5.89 Å². The van der Waals surface area contributed by atoms with Gasteiger partial charge in [0, 0.05) is 0 Å². The van der Waals surface area contributed by atoms with Gasteiger partial charge in [0.1, 0.15) is 0 Å². The first kappa shape index (κ1) is 13.7. The van der Waals surface area contributed by atoms with E-state index < -0.39 is 0 Å². The molecule has 0 bridgehead atoms. The van der Waals surface area contributed by atoms with Gasteiger partial charge in [-0.25, -0.2) is 0 Å². The third-order valence-corrected chi connectivity index (χ3v) is 3.34. The maximum Gasteiger partial charge on any atom is 0.233 e. The molecule has 1 aromatic carbocycles. The Bertz CT molecular complexity index is 528. The van der Waals surface area contributed by atoms with Crippen LogP contribution in [0.3, 0.4) is 0 Å². The summed E-state index contributed by atoms with van der Waals surface area (Å²) in [4.78, 5) is 4.45. The molecule has 0 fully saturated rings. The fourth-order valence-corrected chi connectivity index (χ4v) is 1.82. The highest BCUT2D eigenvalue weighted by Gasteiger charge is 2.27. The quantitative estimate of drug-likeness (QED) is 0.918. The summed E-state index contributed by atoms with van der Waals surface area (Å²) >= 11 is 0. The fourth-order valence-electron chi connectivity index (χ4n) is 1.82. The van der Waals surface area contributed by atoms with Crippen molar-refractivity contribution in [2.45, 2.75) is 39.7 Å². The van der Waals surface area contributed by atoms with E-state index in [1.807, 2.05) is 18.2 Å². The molecule has 2 N–H and O–H groups in total. The zero-order valence-corrected chi connectivity index (χ0v) is 11.9. The minimum atomic E-state index is -0.229. The van der Waals surface area contributed by atoms with Crippen molar-refractivity contribution < 1.29 is 4.52 Å². The van der Waals surface area contributed by atoms with Crippen molar-refractivity contribution in [1.82, 2.24) is 10.1 Å². The minimum absolute atomic E-state index is 0.0784. The van der Waals surface area contributed by atoms with E-state index in [9.17, 15) is 0 Å². The van der Waals surface area contributed by atoms with Crippen molar-refractivity contribution in [2.75, 3.05) is 0 Å². The molecule has 2 atom stereocenters. The van der Waals surface area contributed by atoms with E-state index >= 15 is 0 Å². The molecule has 19 heavy (non-hydrogen) atoms. The number of nitrogens with two attached hydrogens (primary N) is 1. The van der Waals surface area contributed by atoms with Crippen molar-refractivity contribution >= 4 is 0 Å². The number of aromatic nitrogens is 2. The van der Waals surface area contributed by atoms with Crippen LogP contribution < -0.4 is 5.73 Å². The second-order valence-electron chi connectivity index (χ2n) is 5.97. The molecular formula is C15H21N3O. The monoisotopic (exact) mass is 259 g/mol. The van der Waals surface area contributed by atoms with Crippen molar-refractivity contribution in [3.05, 3.63) is 47.6 Å². The van der Waals surface area contributed by atoms with Crippen LogP contribution in [0.1, 0.15) is 56.9 Å². The van der Waals surface area contributed by atoms with Crippen LogP contribution in [0.25, 0.3) is 0 Å². The maximum atomic E-state index is 6.14. The Hall–Kier alpha value is -1.68. The average Bonchev–Trinajstić information content (AvgIpc) is 2.86. The van der Waals surface area contributed by atoms with Gasteiger partial charge in [0.05, 0.1) is 12.0 Å². The Morgan fingerprint density at radius 3 is 2.37 bits per heavy atom. The van der Waals surface area contributed by atoms with Gasteiger partial charge in [0.25, 0.3) is 0 Å². The molecule has 4 heteroatoms. The van der Waals surface area contributed by atoms with Crippen molar-refractivity contribution in [3.8, 4) is 0 Å². The zero-order valence-electron chi connectivity index (χ0n) is 11.9. The van der Waals surface area contributed by atoms with Gasteiger partial charge in [0.15, 0.2) is 5.82 Å². The number of hydrogen-bond acceptors (Lipinski definition) is 4. The van der Waals surface area contributed by atoms with Crippen LogP contribution in [0.15, 0.2) is 34.9 Å². The first-order chi connectivity index (χ1) is 8.89. The van der Waals surface area contributed by atoms with Crippen LogP contribution in [0.2, 0.25) is 0 Å². The number of hydrogen-bond donors (Lipinski definition) is 1. The summed E-state index contributed by atoms with van der Waals surface area (Å²) in [7, 11) is 0. The van der Waals surface area contributed by atoms with Gasteiger partial charge in [-0.3, -0.25) is 0 Å². The van der Waals surface area contributed by atoms with E-state index in [1.54, 1.807) is 0 Å². The van der Waals surface area contributed by atoms with Gasteiger partial charge in [-0.2, -0.15) is 4.98 Å². The molecule has 4 nitrogen and oxygen atoms in total. The first-order valence-corrected chi connectivity index (χ1v) is 6.53. The van der Waals surface area contributed by atoms with Gasteiger partial charge in [-0.1, -0.05) is 56.3 Å². The second-order valence-corrected chi connectivity index (χ2v) is 5.97. The molecule has 0 aliphatic heterocycles. The van der Waals surface area contributed by atoms with Crippen molar-refractivity contribution in [2.24, 2.45) is 11.1 Å². The van der Waals surface area contributed by atoms with Crippen LogP contribution in [-0.4, -0.2) is 10.1 Å². The molecule has 0 saturated carbocycles. The van der Waals surface area contributed by atoms with E-state index in [4.69, 9.17) is 10.3 Å². The summed E-state index contributed by atoms with van der Waals surface area (Å²) in [6.07, 6.45) is 0. The van der Waals surface area contributed by atoms with Crippen LogP contribution in [0, 0.1) is 5.41 Å². The molecule has 0 radical (unpaired) electrons. The number of nitrogens with zero attached hydrogens (tertiary/aromatic N) is 2. The Morgan fingerprint density at radius 2 is 1.79 bits per heavy atom.